The molecule has 0 fully saturated rings. The third-order valence-corrected chi connectivity index (χ3v) is 4.44. The predicted octanol–water partition coefficient (Wildman–Crippen LogP) is 2.30. The first-order valence-corrected chi connectivity index (χ1v) is 7.92. The van der Waals surface area contributed by atoms with E-state index in [9.17, 15) is 9.59 Å². The summed E-state index contributed by atoms with van der Waals surface area (Å²) in [5.74, 6) is -0.357. The molecule has 1 aromatic heterocycles. The van der Waals surface area contributed by atoms with Crippen LogP contribution >= 0.6 is 11.8 Å². The van der Waals surface area contributed by atoms with Crippen molar-refractivity contribution in [2.45, 2.75) is 30.9 Å². The minimum Gasteiger partial charge on any atom is -0.351 e. The molecule has 0 aliphatic carbocycles. The van der Waals surface area contributed by atoms with E-state index in [2.05, 4.69) is 15.5 Å². The average molecular weight is 317 g/mol. The Bertz CT molecular complexity index is 713. The number of aromatic nitrogens is 2. The standard InChI is InChI=1S/C16H19N3O2S/c1-10(22-13-7-5-4-6-8-13)9-17-15(20)14-11(2)12(3)18-19-16(14)21/h4-8,10H,9H2,1-3H3,(H,17,20)(H,19,21)/t10-/m1/s1. The Hall–Kier alpha value is -2.08. The van der Waals surface area contributed by atoms with Gasteiger partial charge in [0.2, 0.25) is 0 Å². The third kappa shape index (κ3) is 3.98. The van der Waals surface area contributed by atoms with Crippen LogP contribution in [0, 0.1) is 13.8 Å². The maximum absolute atomic E-state index is 12.2. The minimum absolute atomic E-state index is 0.143. The van der Waals surface area contributed by atoms with Gasteiger partial charge in [0, 0.05) is 16.7 Å². The van der Waals surface area contributed by atoms with Gasteiger partial charge in [0.1, 0.15) is 5.56 Å². The fourth-order valence-corrected chi connectivity index (χ4v) is 2.94. The second kappa shape index (κ2) is 7.26. The molecule has 1 aromatic carbocycles. The number of aromatic amines is 1. The molecule has 6 heteroatoms. The van der Waals surface area contributed by atoms with Crippen LogP contribution in [0.4, 0.5) is 0 Å². The lowest BCUT2D eigenvalue weighted by Gasteiger charge is -2.13. The largest absolute Gasteiger partial charge is 0.351 e. The molecule has 0 saturated heterocycles. The fourth-order valence-electron chi connectivity index (χ4n) is 2.00. The molecule has 0 unspecified atom stereocenters. The molecule has 0 bridgehead atoms. The predicted molar refractivity (Wildman–Crippen MR) is 88.4 cm³/mol. The first-order chi connectivity index (χ1) is 10.5. The summed E-state index contributed by atoms with van der Waals surface area (Å²) in [7, 11) is 0. The van der Waals surface area contributed by atoms with Gasteiger partial charge in [0.15, 0.2) is 0 Å². The summed E-state index contributed by atoms with van der Waals surface area (Å²) in [6, 6.07) is 10.00. The zero-order valence-electron chi connectivity index (χ0n) is 12.8. The van der Waals surface area contributed by atoms with Crippen LogP contribution in [0.25, 0.3) is 0 Å². The van der Waals surface area contributed by atoms with Crippen molar-refractivity contribution < 1.29 is 4.79 Å². The Labute approximate surface area is 133 Å². The summed E-state index contributed by atoms with van der Waals surface area (Å²) >= 11 is 1.68. The molecule has 2 aromatic rings. The molecule has 0 spiro atoms. The Morgan fingerprint density at radius 2 is 2.00 bits per heavy atom. The number of carbonyl (C=O) groups is 1. The number of H-pyrrole nitrogens is 1. The average Bonchev–Trinajstić information content (AvgIpc) is 2.50. The van der Waals surface area contributed by atoms with Gasteiger partial charge in [0.25, 0.3) is 11.5 Å². The second-order valence-electron chi connectivity index (χ2n) is 5.09. The lowest BCUT2D eigenvalue weighted by atomic mass is 10.1. The number of aryl methyl sites for hydroxylation is 1. The number of hydrogen-bond donors (Lipinski definition) is 2. The Morgan fingerprint density at radius 3 is 2.68 bits per heavy atom. The smallest absolute Gasteiger partial charge is 0.277 e. The fraction of sp³-hybridized carbons (Fsp3) is 0.312. The van der Waals surface area contributed by atoms with E-state index < -0.39 is 5.56 Å². The highest BCUT2D eigenvalue weighted by Gasteiger charge is 2.16. The van der Waals surface area contributed by atoms with Crippen molar-refractivity contribution in [1.82, 2.24) is 15.5 Å². The molecule has 0 aliphatic rings. The van der Waals surface area contributed by atoms with Crippen LogP contribution in [0.1, 0.15) is 28.5 Å². The molecule has 1 atom stereocenters. The van der Waals surface area contributed by atoms with Crippen LogP contribution in [0.5, 0.6) is 0 Å². The Balaban J connectivity index is 1.99. The molecule has 1 amide bonds. The second-order valence-corrected chi connectivity index (χ2v) is 6.60. The summed E-state index contributed by atoms with van der Waals surface area (Å²) < 4.78 is 0. The van der Waals surface area contributed by atoms with Crippen molar-refractivity contribution in [3.05, 3.63) is 57.5 Å². The number of nitrogens with zero attached hydrogens (tertiary/aromatic N) is 1. The van der Waals surface area contributed by atoms with Crippen molar-refractivity contribution in [2.24, 2.45) is 0 Å². The molecule has 2 rings (SSSR count). The van der Waals surface area contributed by atoms with E-state index in [1.807, 2.05) is 37.3 Å². The van der Waals surface area contributed by atoms with E-state index in [4.69, 9.17) is 0 Å². The van der Waals surface area contributed by atoms with Gasteiger partial charge >= 0.3 is 0 Å². The van der Waals surface area contributed by atoms with E-state index in [0.29, 0.717) is 17.8 Å². The van der Waals surface area contributed by atoms with Gasteiger partial charge in [-0.05, 0) is 31.5 Å². The lowest BCUT2D eigenvalue weighted by Crippen LogP contribution is -2.34. The molecule has 0 aliphatic heterocycles. The van der Waals surface area contributed by atoms with Crippen LogP contribution in [0.2, 0.25) is 0 Å². The molecular formula is C16H19N3O2S. The van der Waals surface area contributed by atoms with Crippen LogP contribution in [-0.4, -0.2) is 27.9 Å². The van der Waals surface area contributed by atoms with Crippen LogP contribution in [0.3, 0.4) is 0 Å². The first-order valence-electron chi connectivity index (χ1n) is 7.05. The zero-order valence-corrected chi connectivity index (χ0v) is 13.7. The SMILES string of the molecule is Cc1n[nH]c(=O)c(C(=O)NC[C@@H](C)Sc2ccccc2)c1C. The van der Waals surface area contributed by atoms with Crippen molar-refractivity contribution in [3.63, 3.8) is 0 Å². The molecule has 0 radical (unpaired) electrons. The quantitative estimate of drug-likeness (QED) is 0.830. The normalized spacial score (nSPS) is 12.0. The van der Waals surface area contributed by atoms with Crippen LogP contribution in [-0.2, 0) is 0 Å². The van der Waals surface area contributed by atoms with Gasteiger partial charge in [-0.25, -0.2) is 5.10 Å². The van der Waals surface area contributed by atoms with Crippen LogP contribution in [0.15, 0.2) is 40.0 Å². The Kier molecular flexibility index (Phi) is 5.38. The third-order valence-electron chi connectivity index (χ3n) is 3.33. The molecule has 5 nitrogen and oxygen atoms in total. The van der Waals surface area contributed by atoms with Crippen molar-refractivity contribution in [2.75, 3.05) is 6.54 Å². The van der Waals surface area contributed by atoms with Gasteiger partial charge in [0.05, 0.1) is 5.69 Å². The molecule has 1 heterocycles. The summed E-state index contributed by atoms with van der Waals surface area (Å²) in [5.41, 5.74) is 0.953. The Morgan fingerprint density at radius 1 is 1.32 bits per heavy atom. The van der Waals surface area contributed by atoms with Crippen LogP contribution < -0.4 is 10.9 Å². The number of nitrogens with one attached hydrogen (secondary N) is 2. The maximum Gasteiger partial charge on any atom is 0.277 e. The highest BCUT2D eigenvalue weighted by atomic mass is 32.2. The minimum atomic E-state index is -0.455. The van der Waals surface area contributed by atoms with E-state index in [-0.39, 0.29) is 16.7 Å². The summed E-state index contributed by atoms with van der Waals surface area (Å²) in [5, 5.41) is 9.22. The molecule has 116 valence electrons. The van der Waals surface area contributed by atoms with E-state index in [1.54, 1.807) is 25.6 Å². The summed E-state index contributed by atoms with van der Waals surface area (Å²) in [4.78, 5) is 25.2. The summed E-state index contributed by atoms with van der Waals surface area (Å²) in [6.07, 6.45) is 0. The number of thioether (sulfide) groups is 1. The van der Waals surface area contributed by atoms with E-state index in [1.165, 1.54) is 0 Å². The highest BCUT2D eigenvalue weighted by Crippen LogP contribution is 2.22. The molecule has 2 N–H and O–H groups in total. The van der Waals surface area contributed by atoms with Gasteiger partial charge in [-0.2, -0.15) is 5.10 Å². The zero-order chi connectivity index (χ0) is 16.1. The van der Waals surface area contributed by atoms with E-state index >= 15 is 0 Å². The number of carbonyl (C=O) groups excluding carboxylic acids is 1. The maximum atomic E-state index is 12.2. The molecular weight excluding hydrogens is 298 g/mol. The topological polar surface area (TPSA) is 74.8 Å². The number of benzene rings is 1. The molecule has 0 saturated carbocycles. The van der Waals surface area contributed by atoms with Gasteiger partial charge in [-0.15, -0.1) is 11.8 Å². The first kappa shape index (κ1) is 16.3. The highest BCUT2D eigenvalue weighted by molar-refractivity contribution is 8.00. The number of amides is 1. The summed E-state index contributed by atoms with van der Waals surface area (Å²) in [6.45, 7) is 6.01. The monoisotopic (exact) mass is 317 g/mol. The lowest BCUT2D eigenvalue weighted by molar-refractivity contribution is 0.0951. The van der Waals surface area contributed by atoms with Gasteiger partial charge in [-0.3, -0.25) is 9.59 Å². The molecule has 22 heavy (non-hydrogen) atoms. The van der Waals surface area contributed by atoms with Crippen molar-refractivity contribution >= 4 is 17.7 Å². The van der Waals surface area contributed by atoms with Gasteiger partial charge in [-0.1, -0.05) is 25.1 Å². The van der Waals surface area contributed by atoms with Gasteiger partial charge < -0.3 is 5.32 Å². The van der Waals surface area contributed by atoms with E-state index in [0.717, 1.165) is 4.90 Å². The van der Waals surface area contributed by atoms with Crippen molar-refractivity contribution in [3.8, 4) is 0 Å². The number of hydrogen-bond acceptors (Lipinski definition) is 4. The van der Waals surface area contributed by atoms with Crippen molar-refractivity contribution in [1.29, 1.82) is 0 Å². The number of rotatable bonds is 5.